The van der Waals surface area contributed by atoms with E-state index in [1.807, 2.05) is 11.8 Å². The van der Waals surface area contributed by atoms with Gasteiger partial charge in [0.15, 0.2) is 0 Å². The summed E-state index contributed by atoms with van der Waals surface area (Å²) in [5.74, 6) is 1.20. The van der Waals surface area contributed by atoms with Crippen LogP contribution in [-0.2, 0) is 6.42 Å². The molecule has 1 saturated heterocycles. The van der Waals surface area contributed by atoms with Crippen molar-refractivity contribution in [2.24, 2.45) is 0 Å². The topological polar surface area (TPSA) is 84.6 Å². The highest BCUT2D eigenvalue weighted by molar-refractivity contribution is 7.09. The number of rotatable bonds is 4. The number of carbonyl (C=O) groups excluding carboxylic acids is 1. The van der Waals surface area contributed by atoms with Crippen LogP contribution in [0.1, 0.15) is 29.5 Å². The van der Waals surface area contributed by atoms with Crippen LogP contribution in [0, 0.1) is 0 Å². The summed E-state index contributed by atoms with van der Waals surface area (Å²) in [6, 6.07) is 3.17. The van der Waals surface area contributed by atoms with Crippen molar-refractivity contribution in [3.05, 3.63) is 28.5 Å². The number of hydrogen-bond donors (Lipinski definition) is 1. The van der Waals surface area contributed by atoms with Gasteiger partial charge in [0.05, 0.1) is 23.4 Å². The molecule has 1 aromatic carbocycles. The second kappa shape index (κ2) is 8.09. The Morgan fingerprint density at radius 3 is 2.85 bits per heavy atom. The summed E-state index contributed by atoms with van der Waals surface area (Å²) in [5.41, 5.74) is 6.64. The zero-order valence-electron chi connectivity index (χ0n) is 14.9. The third-order valence-electron chi connectivity index (χ3n) is 4.38. The Labute approximate surface area is 161 Å². The van der Waals surface area contributed by atoms with Crippen LogP contribution < -0.4 is 15.4 Å². The molecular weight excluding hydrogens is 374 g/mol. The second-order valence-electron chi connectivity index (χ2n) is 6.05. The molecule has 2 heterocycles. The molecule has 2 aromatic rings. The van der Waals surface area contributed by atoms with Gasteiger partial charge in [0, 0.05) is 50.2 Å². The van der Waals surface area contributed by atoms with Crippen LogP contribution in [0.3, 0.4) is 0 Å². The predicted octanol–water partition coefficient (Wildman–Crippen LogP) is 2.70. The molecular formula is C17H22ClN5O2S. The summed E-state index contributed by atoms with van der Waals surface area (Å²) in [4.78, 5) is 21.6. The van der Waals surface area contributed by atoms with Gasteiger partial charge in [-0.05, 0) is 12.5 Å². The highest BCUT2D eigenvalue weighted by Crippen LogP contribution is 2.30. The van der Waals surface area contributed by atoms with Gasteiger partial charge in [-0.2, -0.15) is 4.37 Å². The van der Waals surface area contributed by atoms with Gasteiger partial charge in [0.1, 0.15) is 11.6 Å². The quantitative estimate of drug-likeness (QED) is 0.801. The van der Waals surface area contributed by atoms with Crippen LogP contribution >= 0.6 is 23.1 Å². The predicted molar refractivity (Wildman–Crippen MR) is 104 cm³/mol. The molecule has 1 aromatic heterocycles. The molecule has 0 spiro atoms. The Hall–Kier alpha value is -2.06. The molecule has 7 nitrogen and oxygen atoms in total. The number of benzene rings is 1. The van der Waals surface area contributed by atoms with E-state index in [-0.39, 0.29) is 5.91 Å². The number of amides is 1. The number of methoxy groups -OCH3 is 1. The number of aromatic nitrogens is 2. The van der Waals surface area contributed by atoms with E-state index >= 15 is 0 Å². The van der Waals surface area contributed by atoms with Gasteiger partial charge in [-0.15, -0.1) is 0 Å². The third kappa shape index (κ3) is 3.86. The average Bonchev–Trinajstić information content (AvgIpc) is 3.00. The maximum absolute atomic E-state index is 13.0. The fourth-order valence-corrected chi connectivity index (χ4v) is 3.87. The van der Waals surface area contributed by atoms with Gasteiger partial charge in [-0.25, -0.2) is 4.98 Å². The average molecular weight is 396 g/mol. The molecule has 2 N–H and O–H groups in total. The monoisotopic (exact) mass is 395 g/mol. The smallest absolute Gasteiger partial charge is 0.257 e. The first-order valence-electron chi connectivity index (χ1n) is 8.53. The molecule has 9 heteroatoms. The van der Waals surface area contributed by atoms with E-state index in [0.29, 0.717) is 35.1 Å². The van der Waals surface area contributed by atoms with E-state index < -0.39 is 0 Å². The molecule has 1 amide bonds. The van der Waals surface area contributed by atoms with Gasteiger partial charge >= 0.3 is 0 Å². The van der Waals surface area contributed by atoms with Crippen LogP contribution in [0.2, 0.25) is 5.02 Å². The van der Waals surface area contributed by atoms with E-state index in [2.05, 4.69) is 14.3 Å². The number of nitrogens with zero attached hydrogens (tertiary/aromatic N) is 4. The van der Waals surface area contributed by atoms with Gasteiger partial charge in [-0.3, -0.25) is 4.79 Å². The number of anilines is 2. The van der Waals surface area contributed by atoms with Gasteiger partial charge in [0.2, 0.25) is 5.13 Å². The summed E-state index contributed by atoms with van der Waals surface area (Å²) in [6.07, 6.45) is 1.68. The zero-order chi connectivity index (χ0) is 18.7. The number of nitrogens with two attached hydrogens (primary N) is 1. The first-order chi connectivity index (χ1) is 12.5. The molecule has 1 aliphatic rings. The highest BCUT2D eigenvalue weighted by atomic mass is 35.5. The second-order valence-corrected chi connectivity index (χ2v) is 7.19. The van der Waals surface area contributed by atoms with Crippen LogP contribution in [0.4, 0.5) is 10.8 Å². The largest absolute Gasteiger partial charge is 0.496 e. The third-order valence-corrected chi connectivity index (χ3v) is 5.52. The normalized spacial score (nSPS) is 15.0. The lowest BCUT2D eigenvalue weighted by Crippen LogP contribution is -2.35. The van der Waals surface area contributed by atoms with Crippen molar-refractivity contribution in [1.29, 1.82) is 0 Å². The Kier molecular flexibility index (Phi) is 5.83. The first-order valence-corrected chi connectivity index (χ1v) is 9.68. The Morgan fingerprint density at radius 1 is 1.35 bits per heavy atom. The highest BCUT2D eigenvalue weighted by Gasteiger charge is 2.25. The van der Waals surface area contributed by atoms with Crippen molar-refractivity contribution >= 4 is 39.9 Å². The van der Waals surface area contributed by atoms with E-state index in [0.717, 1.165) is 36.9 Å². The Balaban J connectivity index is 1.74. The molecule has 0 aliphatic carbocycles. The minimum absolute atomic E-state index is 0.0999. The standard InChI is InChI=1S/C17H22ClN5O2S/c1-3-15-20-17(26-21-15)23-6-4-5-22(7-8-23)16(24)11-9-12(18)13(19)10-14(11)25-2/h9-10H,3-8,19H2,1-2H3. The van der Waals surface area contributed by atoms with Crippen molar-refractivity contribution in [3.63, 3.8) is 0 Å². The number of carbonyl (C=O) groups is 1. The maximum atomic E-state index is 13.0. The minimum Gasteiger partial charge on any atom is -0.496 e. The molecule has 0 saturated carbocycles. The molecule has 3 rings (SSSR count). The first kappa shape index (κ1) is 18.7. The molecule has 0 radical (unpaired) electrons. The molecule has 1 aliphatic heterocycles. The molecule has 140 valence electrons. The van der Waals surface area contributed by atoms with Crippen LogP contribution in [-0.4, -0.2) is 53.5 Å². The summed E-state index contributed by atoms with van der Waals surface area (Å²) in [7, 11) is 1.52. The fourth-order valence-electron chi connectivity index (χ4n) is 2.90. The molecule has 0 atom stereocenters. The minimum atomic E-state index is -0.0999. The summed E-state index contributed by atoms with van der Waals surface area (Å²) in [6.45, 7) is 4.88. The fraction of sp³-hybridized carbons (Fsp3) is 0.471. The Morgan fingerprint density at radius 2 is 2.15 bits per heavy atom. The zero-order valence-corrected chi connectivity index (χ0v) is 16.4. The summed E-state index contributed by atoms with van der Waals surface area (Å²) >= 11 is 7.52. The SMILES string of the molecule is CCc1nsc(N2CCCN(C(=O)c3cc(Cl)c(N)cc3OC)CC2)n1. The number of aryl methyl sites for hydroxylation is 1. The number of hydrogen-bond acceptors (Lipinski definition) is 7. The summed E-state index contributed by atoms with van der Waals surface area (Å²) < 4.78 is 9.66. The van der Waals surface area contributed by atoms with Crippen molar-refractivity contribution < 1.29 is 9.53 Å². The van der Waals surface area contributed by atoms with Crippen LogP contribution in [0.25, 0.3) is 0 Å². The van der Waals surface area contributed by atoms with E-state index in [1.54, 1.807) is 12.1 Å². The van der Waals surface area contributed by atoms with Crippen molar-refractivity contribution in [3.8, 4) is 5.75 Å². The molecule has 26 heavy (non-hydrogen) atoms. The van der Waals surface area contributed by atoms with Crippen LogP contribution in [0.5, 0.6) is 5.75 Å². The van der Waals surface area contributed by atoms with Gasteiger partial charge in [0.25, 0.3) is 5.91 Å². The van der Waals surface area contributed by atoms with E-state index in [4.69, 9.17) is 22.1 Å². The lowest BCUT2D eigenvalue weighted by Gasteiger charge is -2.22. The van der Waals surface area contributed by atoms with Gasteiger partial charge < -0.3 is 20.3 Å². The van der Waals surface area contributed by atoms with Crippen molar-refractivity contribution in [2.45, 2.75) is 19.8 Å². The number of ether oxygens (including phenoxy) is 1. The van der Waals surface area contributed by atoms with Crippen LogP contribution in [0.15, 0.2) is 12.1 Å². The summed E-state index contributed by atoms with van der Waals surface area (Å²) in [5, 5.41) is 1.27. The lowest BCUT2D eigenvalue weighted by molar-refractivity contribution is 0.0763. The number of halogens is 1. The molecule has 0 bridgehead atoms. The lowest BCUT2D eigenvalue weighted by atomic mass is 10.1. The molecule has 1 fully saturated rings. The van der Waals surface area contributed by atoms with Crippen molar-refractivity contribution in [1.82, 2.24) is 14.3 Å². The van der Waals surface area contributed by atoms with Crippen molar-refractivity contribution in [2.75, 3.05) is 43.9 Å². The Bertz CT molecular complexity index is 797. The van der Waals surface area contributed by atoms with E-state index in [9.17, 15) is 4.79 Å². The molecule has 0 unspecified atom stereocenters. The van der Waals surface area contributed by atoms with E-state index in [1.165, 1.54) is 18.6 Å². The van der Waals surface area contributed by atoms with Gasteiger partial charge in [-0.1, -0.05) is 18.5 Å². The number of nitrogen functional groups attached to an aromatic ring is 1. The maximum Gasteiger partial charge on any atom is 0.257 e.